The lowest BCUT2D eigenvalue weighted by atomic mass is 9.89. The van der Waals surface area contributed by atoms with Crippen LogP contribution in [-0.2, 0) is 5.41 Å². The van der Waals surface area contributed by atoms with E-state index in [1.54, 1.807) is 10.6 Å². The van der Waals surface area contributed by atoms with E-state index in [4.69, 9.17) is 0 Å². The number of hydrogen-bond donors (Lipinski definition) is 0. The van der Waals surface area contributed by atoms with Gasteiger partial charge in [0.25, 0.3) is 0 Å². The summed E-state index contributed by atoms with van der Waals surface area (Å²) < 4.78 is 1.64. The summed E-state index contributed by atoms with van der Waals surface area (Å²) in [5, 5.41) is 4.09. The Bertz CT molecular complexity index is 508. The average molecular weight is 203 g/mol. The van der Waals surface area contributed by atoms with E-state index in [0.717, 1.165) is 11.8 Å². The SMILES string of the molecule is CC(C)(C)c1cnc2cc(C=O)nn2c1. The molecule has 0 bridgehead atoms. The van der Waals surface area contributed by atoms with Crippen LogP contribution in [0.4, 0.5) is 0 Å². The predicted molar refractivity (Wildman–Crippen MR) is 57.1 cm³/mol. The fourth-order valence-electron chi connectivity index (χ4n) is 1.34. The van der Waals surface area contributed by atoms with Gasteiger partial charge in [-0.2, -0.15) is 5.10 Å². The van der Waals surface area contributed by atoms with Crippen LogP contribution in [0.3, 0.4) is 0 Å². The van der Waals surface area contributed by atoms with Gasteiger partial charge in [-0.1, -0.05) is 20.8 Å². The van der Waals surface area contributed by atoms with Gasteiger partial charge in [0.2, 0.25) is 0 Å². The van der Waals surface area contributed by atoms with Gasteiger partial charge >= 0.3 is 0 Å². The molecule has 0 aromatic carbocycles. The third kappa shape index (κ3) is 1.75. The zero-order valence-electron chi connectivity index (χ0n) is 9.06. The van der Waals surface area contributed by atoms with Crippen LogP contribution in [0, 0.1) is 0 Å². The molecule has 0 atom stereocenters. The van der Waals surface area contributed by atoms with E-state index in [1.165, 1.54) is 0 Å². The van der Waals surface area contributed by atoms with Crippen molar-refractivity contribution in [2.45, 2.75) is 26.2 Å². The van der Waals surface area contributed by atoms with E-state index in [-0.39, 0.29) is 5.41 Å². The van der Waals surface area contributed by atoms with Crippen molar-refractivity contribution in [3.8, 4) is 0 Å². The molecule has 0 N–H and O–H groups in total. The number of rotatable bonds is 1. The van der Waals surface area contributed by atoms with E-state index in [1.807, 2.05) is 12.4 Å². The molecular formula is C11H13N3O. The molecule has 0 saturated carbocycles. The van der Waals surface area contributed by atoms with E-state index in [9.17, 15) is 4.79 Å². The monoisotopic (exact) mass is 203 g/mol. The van der Waals surface area contributed by atoms with Crippen molar-refractivity contribution in [3.63, 3.8) is 0 Å². The molecule has 15 heavy (non-hydrogen) atoms. The van der Waals surface area contributed by atoms with Gasteiger partial charge in [-0.15, -0.1) is 0 Å². The summed E-state index contributed by atoms with van der Waals surface area (Å²) in [4.78, 5) is 14.8. The molecular weight excluding hydrogens is 190 g/mol. The molecule has 2 aromatic heterocycles. The van der Waals surface area contributed by atoms with Crippen molar-refractivity contribution in [2.75, 3.05) is 0 Å². The Morgan fingerprint density at radius 3 is 2.73 bits per heavy atom. The molecule has 0 aliphatic heterocycles. The van der Waals surface area contributed by atoms with Crippen molar-refractivity contribution in [1.82, 2.24) is 14.6 Å². The lowest BCUT2D eigenvalue weighted by Crippen LogP contribution is -2.12. The molecule has 0 radical (unpaired) electrons. The van der Waals surface area contributed by atoms with Crippen LogP contribution < -0.4 is 0 Å². The van der Waals surface area contributed by atoms with Gasteiger partial charge in [-0.05, 0) is 11.0 Å². The Labute approximate surface area is 87.9 Å². The maximum absolute atomic E-state index is 10.6. The summed E-state index contributed by atoms with van der Waals surface area (Å²) in [6.45, 7) is 6.33. The second kappa shape index (κ2) is 3.15. The molecule has 2 rings (SSSR count). The van der Waals surface area contributed by atoms with Gasteiger partial charge in [0.15, 0.2) is 11.9 Å². The number of nitrogens with zero attached hydrogens (tertiary/aromatic N) is 3. The molecule has 0 saturated heterocycles. The minimum absolute atomic E-state index is 0.0362. The van der Waals surface area contributed by atoms with Crippen LogP contribution in [0.25, 0.3) is 5.65 Å². The maximum Gasteiger partial charge on any atom is 0.170 e. The van der Waals surface area contributed by atoms with Crippen molar-refractivity contribution in [1.29, 1.82) is 0 Å². The molecule has 4 nitrogen and oxygen atoms in total. The first kappa shape index (κ1) is 9.83. The van der Waals surface area contributed by atoms with Gasteiger partial charge in [0.1, 0.15) is 5.69 Å². The summed E-state index contributed by atoms with van der Waals surface area (Å²) in [6, 6.07) is 1.67. The standard InChI is InChI=1S/C11H13N3O/c1-11(2,3)8-5-12-10-4-9(7-15)13-14(10)6-8/h4-7H,1-3H3. The maximum atomic E-state index is 10.6. The van der Waals surface area contributed by atoms with Crippen molar-refractivity contribution >= 4 is 11.9 Å². The van der Waals surface area contributed by atoms with Crippen LogP contribution >= 0.6 is 0 Å². The predicted octanol–water partition coefficient (Wildman–Crippen LogP) is 1.84. The van der Waals surface area contributed by atoms with E-state index in [0.29, 0.717) is 11.3 Å². The zero-order chi connectivity index (χ0) is 11.1. The minimum atomic E-state index is 0.0362. The molecule has 0 aliphatic carbocycles. The largest absolute Gasteiger partial charge is 0.296 e. The summed E-state index contributed by atoms with van der Waals surface area (Å²) >= 11 is 0. The number of carbonyl (C=O) groups excluding carboxylic acids is 1. The summed E-state index contributed by atoms with van der Waals surface area (Å²) in [5.41, 5.74) is 2.24. The van der Waals surface area contributed by atoms with Gasteiger partial charge in [0.05, 0.1) is 0 Å². The van der Waals surface area contributed by atoms with Gasteiger partial charge < -0.3 is 0 Å². The minimum Gasteiger partial charge on any atom is -0.296 e. The first-order chi connectivity index (χ1) is 7.00. The lowest BCUT2D eigenvalue weighted by molar-refractivity contribution is 0.111. The van der Waals surface area contributed by atoms with E-state index in [2.05, 4.69) is 30.9 Å². The molecule has 0 spiro atoms. The second-order valence-corrected chi connectivity index (χ2v) is 4.58. The topological polar surface area (TPSA) is 47.3 Å². The van der Waals surface area contributed by atoms with Crippen LogP contribution in [-0.4, -0.2) is 20.9 Å². The fraction of sp³-hybridized carbons (Fsp3) is 0.364. The highest BCUT2D eigenvalue weighted by Gasteiger charge is 2.15. The highest BCUT2D eigenvalue weighted by molar-refractivity contribution is 5.73. The third-order valence-corrected chi connectivity index (χ3v) is 2.32. The van der Waals surface area contributed by atoms with Gasteiger partial charge in [-0.25, -0.2) is 9.50 Å². The molecule has 0 aliphatic rings. The van der Waals surface area contributed by atoms with Crippen LogP contribution in [0.2, 0.25) is 0 Å². The first-order valence-corrected chi connectivity index (χ1v) is 4.82. The quantitative estimate of drug-likeness (QED) is 0.664. The number of carbonyl (C=O) groups is 1. The smallest absolute Gasteiger partial charge is 0.170 e. The molecule has 4 heteroatoms. The lowest BCUT2D eigenvalue weighted by Gasteiger charge is -2.17. The van der Waals surface area contributed by atoms with E-state index >= 15 is 0 Å². The Morgan fingerprint density at radius 2 is 2.13 bits per heavy atom. The van der Waals surface area contributed by atoms with Crippen LogP contribution in [0.15, 0.2) is 18.5 Å². The van der Waals surface area contributed by atoms with Gasteiger partial charge in [-0.3, -0.25) is 4.79 Å². The summed E-state index contributed by atoms with van der Waals surface area (Å²) in [7, 11) is 0. The molecule has 0 fully saturated rings. The summed E-state index contributed by atoms with van der Waals surface area (Å²) in [5.74, 6) is 0. The normalized spacial score (nSPS) is 11.9. The number of aromatic nitrogens is 3. The number of hydrogen-bond acceptors (Lipinski definition) is 3. The number of fused-ring (bicyclic) bond motifs is 1. The Kier molecular flexibility index (Phi) is 2.07. The average Bonchev–Trinajstić information content (AvgIpc) is 2.57. The van der Waals surface area contributed by atoms with Crippen molar-refractivity contribution < 1.29 is 4.79 Å². The summed E-state index contributed by atoms with van der Waals surface area (Å²) in [6.07, 6.45) is 4.46. The molecule has 2 heterocycles. The van der Waals surface area contributed by atoms with E-state index < -0.39 is 0 Å². The molecule has 78 valence electrons. The molecule has 0 unspecified atom stereocenters. The highest BCUT2D eigenvalue weighted by atomic mass is 16.1. The second-order valence-electron chi connectivity index (χ2n) is 4.58. The first-order valence-electron chi connectivity index (χ1n) is 4.82. The third-order valence-electron chi connectivity index (χ3n) is 2.32. The van der Waals surface area contributed by atoms with Crippen LogP contribution in [0.5, 0.6) is 0 Å². The Morgan fingerprint density at radius 1 is 1.40 bits per heavy atom. The number of aldehydes is 1. The van der Waals surface area contributed by atoms with Crippen molar-refractivity contribution in [3.05, 3.63) is 29.7 Å². The van der Waals surface area contributed by atoms with Crippen molar-refractivity contribution in [2.24, 2.45) is 0 Å². The molecule has 2 aromatic rings. The Balaban J connectivity index is 2.60. The van der Waals surface area contributed by atoms with Gasteiger partial charge in [0, 0.05) is 18.5 Å². The highest BCUT2D eigenvalue weighted by Crippen LogP contribution is 2.21. The fourth-order valence-corrected chi connectivity index (χ4v) is 1.34. The molecule has 0 amide bonds. The zero-order valence-corrected chi connectivity index (χ0v) is 9.06. The van der Waals surface area contributed by atoms with Crippen LogP contribution in [0.1, 0.15) is 36.8 Å². The Hall–Kier alpha value is -1.71.